The average molecular weight is 282 g/mol. The number of imidazole rings is 1. The Morgan fingerprint density at radius 3 is 2.88 bits per heavy atom. The molecular weight excluding hydrogens is 266 g/mol. The Hall–Kier alpha value is -0.870. The van der Waals surface area contributed by atoms with Crippen LogP contribution >= 0.6 is 15.9 Å². The first kappa shape index (κ1) is 11.6. The van der Waals surface area contributed by atoms with Gasteiger partial charge >= 0.3 is 0 Å². The average Bonchev–Trinajstić information content (AvgIpc) is 2.52. The zero-order chi connectivity index (χ0) is 11.7. The third kappa shape index (κ3) is 1.99. The highest BCUT2D eigenvalue weighted by molar-refractivity contribution is 9.10. The lowest BCUT2D eigenvalue weighted by atomic mass is 10.2. The summed E-state index contributed by atoms with van der Waals surface area (Å²) in [5.41, 5.74) is 3.48. The van der Waals surface area contributed by atoms with E-state index in [0.717, 1.165) is 28.8 Å². The molecule has 0 radical (unpaired) electrons. The van der Waals surface area contributed by atoms with Crippen molar-refractivity contribution >= 4 is 27.0 Å². The lowest BCUT2D eigenvalue weighted by molar-refractivity contribution is 0.725. The van der Waals surface area contributed by atoms with Gasteiger partial charge in [-0.1, -0.05) is 0 Å². The molecule has 0 saturated carbocycles. The summed E-state index contributed by atoms with van der Waals surface area (Å²) in [7, 11) is 4.03. The number of halogens is 1. The third-order valence-corrected chi connectivity index (χ3v) is 3.36. The molecule has 16 heavy (non-hydrogen) atoms. The number of likely N-dealkylation sites (N-methyl/N-ethyl adjacent to an activating group) is 1. The molecule has 0 fully saturated rings. The second kappa shape index (κ2) is 4.55. The van der Waals surface area contributed by atoms with E-state index in [0.29, 0.717) is 0 Å². The van der Waals surface area contributed by atoms with Gasteiger partial charge in [0.15, 0.2) is 0 Å². The van der Waals surface area contributed by atoms with Gasteiger partial charge in [-0.15, -0.1) is 0 Å². The molecule has 0 saturated heterocycles. The Morgan fingerprint density at radius 2 is 2.19 bits per heavy atom. The Bertz CT molecular complexity index is 516. The second-order valence-electron chi connectivity index (χ2n) is 4.06. The summed E-state index contributed by atoms with van der Waals surface area (Å²) in [5.74, 6) is 1.12. The van der Waals surface area contributed by atoms with Crippen LogP contribution in [0.5, 0.6) is 0 Å². The monoisotopic (exact) mass is 281 g/mol. The smallest absolute Gasteiger partial charge is 0.110 e. The molecule has 0 bridgehead atoms. The van der Waals surface area contributed by atoms with Gasteiger partial charge < -0.3 is 9.88 Å². The zero-order valence-corrected chi connectivity index (χ0v) is 11.4. The maximum atomic E-state index is 4.66. The molecule has 2 rings (SSSR count). The van der Waals surface area contributed by atoms with Crippen LogP contribution < -0.4 is 5.32 Å². The van der Waals surface area contributed by atoms with Crippen molar-refractivity contribution in [2.24, 2.45) is 7.05 Å². The summed E-state index contributed by atoms with van der Waals surface area (Å²) < 4.78 is 3.28. The molecule has 0 aliphatic carbocycles. The maximum Gasteiger partial charge on any atom is 0.110 e. The first-order valence-corrected chi connectivity index (χ1v) is 6.19. The molecule has 1 aromatic heterocycles. The normalized spacial score (nSPS) is 11.2. The summed E-state index contributed by atoms with van der Waals surface area (Å²) in [6, 6.07) is 4.26. The molecule has 0 spiro atoms. The number of nitrogens with one attached hydrogen (secondary N) is 1. The molecule has 1 aromatic carbocycles. The number of aromatic nitrogens is 2. The van der Waals surface area contributed by atoms with Gasteiger partial charge in [-0.3, -0.25) is 0 Å². The fraction of sp³-hybridized carbons (Fsp3) is 0.417. The van der Waals surface area contributed by atoms with E-state index in [1.54, 1.807) is 0 Å². The molecule has 0 aliphatic heterocycles. The van der Waals surface area contributed by atoms with Gasteiger partial charge in [-0.25, -0.2) is 4.98 Å². The Balaban J connectivity index is 2.54. The van der Waals surface area contributed by atoms with Crippen LogP contribution in [0.1, 0.15) is 11.4 Å². The standard InChI is InChI=1S/C12H16BrN3/c1-8-6-9(13)12-10(7-8)15-11(16(12)3)4-5-14-2/h6-7,14H,4-5H2,1-3H3. The van der Waals surface area contributed by atoms with Gasteiger partial charge in [0.25, 0.3) is 0 Å². The van der Waals surface area contributed by atoms with E-state index in [1.807, 2.05) is 7.05 Å². The highest BCUT2D eigenvalue weighted by Gasteiger charge is 2.10. The molecule has 86 valence electrons. The van der Waals surface area contributed by atoms with Gasteiger partial charge in [-0.05, 0) is 47.6 Å². The minimum Gasteiger partial charge on any atom is -0.330 e. The molecule has 1 heterocycles. The van der Waals surface area contributed by atoms with Crippen LogP contribution in [-0.2, 0) is 13.5 Å². The molecular formula is C12H16BrN3. The molecule has 0 atom stereocenters. The Kier molecular flexibility index (Phi) is 3.30. The molecule has 2 aromatic rings. The largest absolute Gasteiger partial charge is 0.330 e. The van der Waals surface area contributed by atoms with Gasteiger partial charge in [-0.2, -0.15) is 0 Å². The van der Waals surface area contributed by atoms with E-state index < -0.39 is 0 Å². The predicted molar refractivity (Wildman–Crippen MR) is 70.8 cm³/mol. The van der Waals surface area contributed by atoms with E-state index in [9.17, 15) is 0 Å². The van der Waals surface area contributed by atoms with Crippen molar-refractivity contribution in [1.82, 2.24) is 14.9 Å². The summed E-state index contributed by atoms with van der Waals surface area (Å²) in [6.45, 7) is 3.04. The number of aryl methyl sites for hydroxylation is 2. The van der Waals surface area contributed by atoms with E-state index in [2.05, 4.69) is 56.9 Å². The van der Waals surface area contributed by atoms with Gasteiger partial charge in [0.1, 0.15) is 5.82 Å². The summed E-state index contributed by atoms with van der Waals surface area (Å²) in [6.07, 6.45) is 0.952. The zero-order valence-electron chi connectivity index (χ0n) is 9.84. The van der Waals surface area contributed by atoms with Crippen molar-refractivity contribution < 1.29 is 0 Å². The van der Waals surface area contributed by atoms with E-state index in [4.69, 9.17) is 0 Å². The van der Waals surface area contributed by atoms with Gasteiger partial charge in [0, 0.05) is 24.5 Å². The minimum atomic E-state index is 0.952. The Labute approximate surface area is 104 Å². The molecule has 0 amide bonds. The highest BCUT2D eigenvalue weighted by atomic mass is 79.9. The van der Waals surface area contributed by atoms with Crippen LogP contribution in [0.25, 0.3) is 11.0 Å². The van der Waals surface area contributed by atoms with Crippen LogP contribution in [0.3, 0.4) is 0 Å². The van der Waals surface area contributed by atoms with Gasteiger partial charge in [0.2, 0.25) is 0 Å². The summed E-state index contributed by atoms with van der Waals surface area (Å²) in [4.78, 5) is 4.66. The first-order valence-electron chi connectivity index (χ1n) is 5.39. The Morgan fingerprint density at radius 1 is 1.44 bits per heavy atom. The molecule has 0 unspecified atom stereocenters. The van der Waals surface area contributed by atoms with Crippen molar-refractivity contribution in [3.05, 3.63) is 28.0 Å². The third-order valence-electron chi connectivity index (χ3n) is 2.76. The first-order chi connectivity index (χ1) is 7.63. The number of hydrogen-bond acceptors (Lipinski definition) is 2. The van der Waals surface area contributed by atoms with Crippen molar-refractivity contribution in [3.63, 3.8) is 0 Å². The SMILES string of the molecule is CNCCc1nc2cc(C)cc(Br)c2n1C. The van der Waals surface area contributed by atoms with Crippen LogP contribution in [0, 0.1) is 6.92 Å². The quantitative estimate of drug-likeness (QED) is 0.937. The highest BCUT2D eigenvalue weighted by Crippen LogP contribution is 2.26. The van der Waals surface area contributed by atoms with Crippen LogP contribution in [0.15, 0.2) is 16.6 Å². The molecule has 3 nitrogen and oxygen atoms in total. The predicted octanol–water partition coefficient (Wildman–Crippen LogP) is 2.41. The lowest BCUT2D eigenvalue weighted by Crippen LogP contribution is -2.13. The van der Waals surface area contributed by atoms with Crippen molar-refractivity contribution in [2.75, 3.05) is 13.6 Å². The topological polar surface area (TPSA) is 29.9 Å². The van der Waals surface area contributed by atoms with Crippen molar-refractivity contribution in [1.29, 1.82) is 0 Å². The number of hydrogen-bond donors (Lipinski definition) is 1. The van der Waals surface area contributed by atoms with E-state index in [1.165, 1.54) is 11.1 Å². The number of fused-ring (bicyclic) bond motifs is 1. The summed E-state index contributed by atoms with van der Waals surface area (Å²) >= 11 is 3.60. The summed E-state index contributed by atoms with van der Waals surface area (Å²) in [5, 5.41) is 3.15. The van der Waals surface area contributed by atoms with Crippen molar-refractivity contribution in [3.8, 4) is 0 Å². The second-order valence-corrected chi connectivity index (χ2v) is 4.91. The van der Waals surface area contributed by atoms with Crippen LogP contribution in [0.2, 0.25) is 0 Å². The van der Waals surface area contributed by atoms with E-state index >= 15 is 0 Å². The number of rotatable bonds is 3. The van der Waals surface area contributed by atoms with Crippen LogP contribution in [0.4, 0.5) is 0 Å². The fourth-order valence-electron chi connectivity index (χ4n) is 1.94. The fourth-order valence-corrected chi connectivity index (χ4v) is 2.77. The van der Waals surface area contributed by atoms with E-state index in [-0.39, 0.29) is 0 Å². The van der Waals surface area contributed by atoms with Gasteiger partial charge in [0.05, 0.1) is 11.0 Å². The van der Waals surface area contributed by atoms with Crippen LogP contribution in [-0.4, -0.2) is 23.1 Å². The molecule has 4 heteroatoms. The number of nitrogens with zero attached hydrogens (tertiary/aromatic N) is 2. The maximum absolute atomic E-state index is 4.66. The lowest BCUT2D eigenvalue weighted by Gasteiger charge is -2.03. The van der Waals surface area contributed by atoms with Crippen molar-refractivity contribution in [2.45, 2.75) is 13.3 Å². The minimum absolute atomic E-state index is 0.952. The number of benzene rings is 1. The molecule has 1 N–H and O–H groups in total. The molecule has 0 aliphatic rings.